The minimum atomic E-state index is -0.0615. The van der Waals surface area contributed by atoms with Gasteiger partial charge in [-0.1, -0.05) is 13.8 Å². The lowest BCUT2D eigenvalue weighted by molar-refractivity contribution is 0.108. The third-order valence-corrected chi connectivity index (χ3v) is 3.34. The number of nitrogens with one attached hydrogen (secondary N) is 1. The van der Waals surface area contributed by atoms with E-state index in [9.17, 15) is 5.11 Å². The van der Waals surface area contributed by atoms with Crippen molar-refractivity contribution in [1.29, 1.82) is 0 Å². The first kappa shape index (κ1) is 13.0. The molecule has 1 saturated carbocycles. The Balaban J connectivity index is 2.16. The summed E-state index contributed by atoms with van der Waals surface area (Å²) in [5.74, 6) is 0.797. The van der Waals surface area contributed by atoms with Crippen LogP contribution in [0.1, 0.15) is 59.3 Å². The van der Waals surface area contributed by atoms with Gasteiger partial charge in [-0.15, -0.1) is 0 Å². The Labute approximate surface area is 94.5 Å². The van der Waals surface area contributed by atoms with Gasteiger partial charge in [0.05, 0.1) is 6.10 Å². The molecule has 0 heterocycles. The van der Waals surface area contributed by atoms with Crippen LogP contribution in [0.25, 0.3) is 0 Å². The highest BCUT2D eigenvalue weighted by atomic mass is 16.3. The molecule has 0 radical (unpaired) electrons. The Kier molecular flexibility index (Phi) is 5.62. The Hall–Kier alpha value is -0.0800. The summed E-state index contributed by atoms with van der Waals surface area (Å²) >= 11 is 0. The predicted molar refractivity (Wildman–Crippen MR) is 64.9 cm³/mol. The molecule has 0 aliphatic heterocycles. The van der Waals surface area contributed by atoms with Gasteiger partial charge < -0.3 is 10.4 Å². The van der Waals surface area contributed by atoms with Crippen LogP contribution in [0.2, 0.25) is 0 Å². The van der Waals surface area contributed by atoms with E-state index in [4.69, 9.17) is 0 Å². The summed E-state index contributed by atoms with van der Waals surface area (Å²) in [7, 11) is 0. The van der Waals surface area contributed by atoms with Crippen molar-refractivity contribution in [2.24, 2.45) is 5.92 Å². The van der Waals surface area contributed by atoms with E-state index in [2.05, 4.69) is 26.1 Å². The van der Waals surface area contributed by atoms with Crippen molar-refractivity contribution in [3.63, 3.8) is 0 Å². The summed E-state index contributed by atoms with van der Waals surface area (Å²) in [5.41, 5.74) is 0. The highest BCUT2D eigenvalue weighted by molar-refractivity contribution is 4.79. The largest absolute Gasteiger partial charge is 0.393 e. The summed E-state index contributed by atoms with van der Waals surface area (Å²) < 4.78 is 0. The molecule has 3 atom stereocenters. The van der Waals surface area contributed by atoms with Gasteiger partial charge in [-0.25, -0.2) is 0 Å². The molecule has 1 aliphatic carbocycles. The molecule has 0 aromatic heterocycles. The van der Waals surface area contributed by atoms with Crippen molar-refractivity contribution in [2.75, 3.05) is 0 Å². The smallest absolute Gasteiger partial charge is 0.0555 e. The first-order chi connectivity index (χ1) is 7.08. The van der Waals surface area contributed by atoms with Crippen LogP contribution in [0.3, 0.4) is 0 Å². The second-order valence-corrected chi connectivity index (χ2v) is 5.56. The quantitative estimate of drug-likeness (QED) is 0.736. The maximum atomic E-state index is 9.57. The fourth-order valence-corrected chi connectivity index (χ4v) is 2.38. The van der Waals surface area contributed by atoms with Gasteiger partial charge in [0.2, 0.25) is 0 Å². The van der Waals surface area contributed by atoms with Crippen LogP contribution in [0.15, 0.2) is 0 Å². The van der Waals surface area contributed by atoms with Crippen molar-refractivity contribution < 1.29 is 5.11 Å². The zero-order valence-electron chi connectivity index (χ0n) is 10.5. The molecule has 2 nitrogen and oxygen atoms in total. The van der Waals surface area contributed by atoms with Gasteiger partial charge in [0.15, 0.2) is 0 Å². The standard InChI is InChI=1S/C13H27NO/c1-10(2)7-8-11(3)14-12-5-4-6-13(15)9-12/h10-15H,4-9H2,1-3H3. The second kappa shape index (κ2) is 6.49. The first-order valence-corrected chi connectivity index (χ1v) is 6.52. The molecular weight excluding hydrogens is 186 g/mol. The zero-order valence-corrected chi connectivity index (χ0v) is 10.5. The van der Waals surface area contributed by atoms with Crippen molar-refractivity contribution in [3.8, 4) is 0 Å². The zero-order chi connectivity index (χ0) is 11.3. The van der Waals surface area contributed by atoms with Crippen LogP contribution in [-0.4, -0.2) is 23.3 Å². The minimum absolute atomic E-state index is 0.0615. The van der Waals surface area contributed by atoms with Crippen LogP contribution in [0.5, 0.6) is 0 Å². The lowest BCUT2D eigenvalue weighted by Gasteiger charge is -2.29. The third kappa shape index (κ3) is 5.53. The van der Waals surface area contributed by atoms with E-state index >= 15 is 0 Å². The minimum Gasteiger partial charge on any atom is -0.393 e. The molecule has 1 aliphatic rings. The van der Waals surface area contributed by atoms with Gasteiger partial charge in [0, 0.05) is 12.1 Å². The maximum Gasteiger partial charge on any atom is 0.0555 e. The van der Waals surface area contributed by atoms with E-state index in [0.717, 1.165) is 18.8 Å². The van der Waals surface area contributed by atoms with Crippen molar-refractivity contribution >= 4 is 0 Å². The average molecular weight is 213 g/mol. The molecule has 2 heteroatoms. The molecule has 1 fully saturated rings. The van der Waals surface area contributed by atoms with Crippen molar-refractivity contribution in [3.05, 3.63) is 0 Å². The summed E-state index contributed by atoms with van der Waals surface area (Å²) in [4.78, 5) is 0. The van der Waals surface area contributed by atoms with Gasteiger partial charge in [0.25, 0.3) is 0 Å². The molecule has 0 spiro atoms. The maximum absolute atomic E-state index is 9.57. The number of aliphatic hydroxyl groups excluding tert-OH is 1. The van der Waals surface area contributed by atoms with Crippen LogP contribution >= 0.6 is 0 Å². The van der Waals surface area contributed by atoms with Gasteiger partial charge >= 0.3 is 0 Å². The number of hydrogen-bond acceptors (Lipinski definition) is 2. The molecule has 0 aromatic rings. The number of rotatable bonds is 5. The van der Waals surface area contributed by atoms with E-state index < -0.39 is 0 Å². The van der Waals surface area contributed by atoms with Crippen molar-refractivity contribution in [1.82, 2.24) is 5.32 Å². The molecule has 2 N–H and O–H groups in total. The summed E-state index contributed by atoms with van der Waals surface area (Å²) in [6.07, 6.45) is 6.85. The summed E-state index contributed by atoms with van der Waals surface area (Å²) in [6.45, 7) is 6.82. The second-order valence-electron chi connectivity index (χ2n) is 5.56. The molecule has 0 bridgehead atoms. The summed E-state index contributed by atoms with van der Waals surface area (Å²) in [5, 5.41) is 13.2. The molecule has 3 unspecified atom stereocenters. The van der Waals surface area contributed by atoms with E-state index in [0.29, 0.717) is 12.1 Å². The highest BCUT2D eigenvalue weighted by Gasteiger charge is 2.20. The lowest BCUT2D eigenvalue weighted by Crippen LogP contribution is -2.41. The van der Waals surface area contributed by atoms with Gasteiger partial charge in [-0.05, 0) is 51.4 Å². The van der Waals surface area contributed by atoms with E-state index in [-0.39, 0.29) is 6.10 Å². The molecule has 0 saturated heterocycles. The molecule has 15 heavy (non-hydrogen) atoms. The Bertz CT molecular complexity index is 170. The van der Waals surface area contributed by atoms with Gasteiger partial charge in [-0.2, -0.15) is 0 Å². The third-order valence-electron chi connectivity index (χ3n) is 3.34. The van der Waals surface area contributed by atoms with E-state index in [1.165, 1.54) is 25.7 Å². The fourth-order valence-electron chi connectivity index (χ4n) is 2.38. The Morgan fingerprint density at radius 2 is 1.93 bits per heavy atom. The summed E-state index contributed by atoms with van der Waals surface area (Å²) in [6, 6.07) is 1.15. The molecule has 0 amide bonds. The van der Waals surface area contributed by atoms with E-state index in [1.54, 1.807) is 0 Å². The van der Waals surface area contributed by atoms with Gasteiger partial charge in [-0.3, -0.25) is 0 Å². The Morgan fingerprint density at radius 1 is 1.20 bits per heavy atom. The molecule has 0 aromatic carbocycles. The average Bonchev–Trinajstić information content (AvgIpc) is 2.15. The van der Waals surface area contributed by atoms with Crippen LogP contribution in [0.4, 0.5) is 0 Å². The SMILES string of the molecule is CC(C)CCC(C)NC1CCCC(O)C1. The van der Waals surface area contributed by atoms with Crippen LogP contribution in [-0.2, 0) is 0 Å². The molecular formula is C13H27NO. The number of aliphatic hydroxyl groups is 1. The van der Waals surface area contributed by atoms with Crippen LogP contribution < -0.4 is 5.32 Å². The highest BCUT2D eigenvalue weighted by Crippen LogP contribution is 2.19. The lowest BCUT2D eigenvalue weighted by atomic mass is 9.92. The van der Waals surface area contributed by atoms with Gasteiger partial charge in [0.1, 0.15) is 0 Å². The monoisotopic (exact) mass is 213 g/mol. The predicted octanol–water partition coefficient (Wildman–Crippen LogP) is 2.70. The Morgan fingerprint density at radius 3 is 2.53 bits per heavy atom. The first-order valence-electron chi connectivity index (χ1n) is 6.52. The molecule has 90 valence electrons. The normalized spacial score (nSPS) is 29.4. The van der Waals surface area contributed by atoms with Crippen LogP contribution in [0, 0.1) is 5.92 Å². The molecule has 1 rings (SSSR count). The van der Waals surface area contributed by atoms with Crippen molar-refractivity contribution in [2.45, 2.75) is 77.5 Å². The fraction of sp³-hybridized carbons (Fsp3) is 1.00. The van der Waals surface area contributed by atoms with E-state index in [1.807, 2.05) is 0 Å². The topological polar surface area (TPSA) is 32.3 Å². The number of hydrogen-bond donors (Lipinski definition) is 2.